The van der Waals surface area contributed by atoms with Crippen molar-refractivity contribution >= 4 is 5.78 Å². The molecular weight excluding hydrogens is 432 g/mol. The summed E-state index contributed by atoms with van der Waals surface area (Å²) >= 11 is 0. The third-order valence-electron chi connectivity index (χ3n) is 7.62. The molecule has 2 heterocycles. The summed E-state index contributed by atoms with van der Waals surface area (Å²) in [6.07, 6.45) is 7.10. The lowest BCUT2D eigenvalue weighted by Crippen LogP contribution is -2.48. The highest BCUT2D eigenvalue weighted by atomic mass is 16.1. The van der Waals surface area contributed by atoms with Gasteiger partial charge in [0.2, 0.25) is 0 Å². The van der Waals surface area contributed by atoms with E-state index in [0.717, 1.165) is 46.9 Å². The molecule has 0 saturated carbocycles. The van der Waals surface area contributed by atoms with E-state index < -0.39 is 5.41 Å². The van der Waals surface area contributed by atoms with E-state index in [-0.39, 0.29) is 23.2 Å². The molecule has 0 bridgehead atoms. The number of pyridine rings is 1. The molecule has 2 aliphatic carbocycles. The molecule has 0 amide bonds. The number of para-hydroxylation sites is 1. The van der Waals surface area contributed by atoms with Crippen LogP contribution in [-0.4, -0.2) is 20.3 Å². The number of benzene rings is 2. The topological polar surface area (TPSA) is 71.6 Å². The van der Waals surface area contributed by atoms with Crippen molar-refractivity contribution in [2.24, 2.45) is 11.8 Å². The molecule has 0 N–H and O–H groups in total. The molecule has 5 nitrogen and oxygen atoms in total. The molecule has 0 radical (unpaired) electrons. The van der Waals surface area contributed by atoms with Crippen LogP contribution in [0.5, 0.6) is 0 Å². The first-order valence-electron chi connectivity index (χ1n) is 12.0. The van der Waals surface area contributed by atoms with E-state index in [2.05, 4.69) is 39.9 Å². The van der Waals surface area contributed by atoms with Gasteiger partial charge in [0.1, 0.15) is 11.9 Å². The van der Waals surface area contributed by atoms with Gasteiger partial charge >= 0.3 is 0 Å². The maximum Gasteiger partial charge on any atom is 0.176 e. The lowest BCUT2D eigenvalue weighted by Gasteiger charge is -2.47. The first-order valence-corrected chi connectivity index (χ1v) is 12.0. The van der Waals surface area contributed by atoms with Crippen molar-refractivity contribution in [2.75, 3.05) is 0 Å². The molecule has 3 atom stereocenters. The second-order valence-corrected chi connectivity index (χ2v) is 9.34. The number of rotatable bonds is 3. The molecule has 0 unspecified atom stereocenters. The van der Waals surface area contributed by atoms with Gasteiger partial charge in [-0.25, -0.2) is 4.98 Å². The van der Waals surface area contributed by atoms with Crippen molar-refractivity contribution in [3.8, 4) is 23.1 Å². The largest absolute Gasteiger partial charge is 0.296 e. The number of ketones is 1. The zero-order valence-corrected chi connectivity index (χ0v) is 19.4. The van der Waals surface area contributed by atoms with Crippen LogP contribution in [0.3, 0.4) is 0 Å². The van der Waals surface area contributed by atoms with E-state index in [0.29, 0.717) is 0 Å². The highest BCUT2D eigenvalue weighted by molar-refractivity contribution is 6.02. The van der Waals surface area contributed by atoms with Gasteiger partial charge in [0.25, 0.3) is 0 Å². The molecule has 5 heteroatoms. The molecule has 6 rings (SSSR count). The van der Waals surface area contributed by atoms with Gasteiger partial charge in [-0.15, -0.1) is 0 Å². The van der Waals surface area contributed by atoms with Gasteiger partial charge in [-0.1, -0.05) is 55.5 Å². The summed E-state index contributed by atoms with van der Waals surface area (Å²) in [6, 6.07) is 26.7. The summed E-state index contributed by atoms with van der Waals surface area (Å²) in [7, 11) is 0. The zero-order chi connectivity index (χ0) is 24.0. The van der Waals surface area contributed by atoms with Crippen molar-refractivity contribution < 1.29 is 4.79 Å². The minimum absolute atomic E-state index is 0.0198. The molecule has 0 fully saturated rings. The molecule has 2 aliphatic rings. The predicted octanol–water partition coefficient (Wildman–Crippen LogP) is 5.45. The Morgan fingerprint density at radius 1 is 1.00 bits per heavy atom. The van der Waals surface area contributed by atoms with Crippen LogP contribution in [0.4, 0.5) is 0 Å². The van der Waals surface area contributed by atoms with Gasteiger partial charge in [0, 0.05) is 35.3 Å². The van der Waals surface area contributed by atoms with E-state index >= 15 is 0 Å². The summed E-state index contributed by atoms with van der Waals surface area (Å²) in [4.78, 5) is 22.6. The van der Waals surface area contributed by atoms with Gasteiger partial charge in [0.15, 0.2) is 5.78 Å². The number of carbonyl (C=O) groups excluding carboxylic acids is 1. The second-order valence-electron chi connectivity index (χ2n) is 9.34. The summed E-state index contributed by atoms with van der Waals surface area (Å²) in [5.74, 6) is 0.529. The summed E-state index contributed by atoms with van der Waals surface area (Å²) < 4.78 is 2.24. The normalized spacial score (nSPS) is 23.1. The van der Waals surface area contributed by atoms with Gasteiger partial charge in [-0.3, -0.25) is 14.3 Å². The quantitative estimate of drug-likeness (QED) is 0.411. The Balaban J connectivity index is 1.73. The van der Waals surface area contributed by atoms with Crippen molar-refractivity contribution in [1.82, 2.24) is 14.5 Å². The molecule has 4 aromatic rings. The van der Waals surface area contributed by atoms with Crippen LogP contribution in [0.1, 0.15) is 30.3 Å². The van der Waals surface area contributed by atoms with Crippen LogP contribution in [0.25, 0.3) is 17.1 Å². The maximum absolute atomic E-state index is 13.1. The number of nitrogens with zero attached hydrogens (tertiary/aromatic N) is 4. The Labute approximate surface area is 204 Å². The molecular formula is C30H24N4O. The van der Waals surface area contributed by atoms with E-state index in [1.807, 2.05) is 61.5 Å². The van der Waals surface area contributed by atoms with Crippen molar-refractivity contribution in [1.29, 1.82) is 5.26 Å². The second kappa shape index (κ2) is 8.18. The van der Waals surface area contributed by atoms with Gasteiger partial charge < -0.3 is 0 Å². The number of allylic oxidation sites excluding steroid dienone is 2. The number of hydrogen-bond acceptors (Lipinski definition) is 4. The number of nitriles is 1. The Morgan fingerprint density at radius 2 is 1.69 bits per heavy atom. The molecule has 0 aliphatic heterocycles. The number of carbonyl (C=O) groups is 1. The average molecular weight is 457 g/mol. The van der Waals surface area contributed by atoms with E-state index in [9.17, 15) is 10.1 Å². The lowest BCUT2D eigenvalue weighted by atomic mass is 9.55. The van der Waals surface area contributed by atoms with Crippen LogP contribution in [0.2, 0.25) is 0 Å². The third-order valence-corrected chi connectivity index (χ3v) is 7.62. The highest BCUT2D eigenvalue weighted by Crippen LogP contribution is 2.54. The maximum atomic E-state index is 13.1. The Morgan fingerprint density at radius 3 is 2.37 bits per heavy atom. The molecule has 2 aromatic heterocycles. The van der Waals surface area contributed by atoms with E-state index in [4.69, 9.17) is 4.98 Å². The fraction of sp³-hybridized carbons (Fsp3) is 0.200. The number of fused-ring (bicyclic) bond motifs is 3. The predicted molar refractivity (Wildman–Crippen MR) is 134 cm³/mol. The zero-order valence-electron chi connectivity index (χ0n) is 19.4. The van der Waals surface area contributed by atoms with Crippen molar-refractivity contribution in [3.05, 3.63) is 114 Å². The van der Waals surface area contributed by atoms with Crippen LogP contribution < -0.4 is 0 Å². The number of hydrogen-bond donors (Lipinski definition) is 0. The van der Waals surface area contributed by atoms with Crippen LogP contribution in [-0.2, 0) is 16.6 Å². The SMILES string of the molecule is C[C@@H]1C(=O)C(C#N)=C[C@]2(c3ccccc3)c3nc(-c4ccncc4)n(-c4ccccc4)c3CC[C@@H]12. The molecule has 0 saturated heterocycles. The number of imidazole rings is 1. The minimum Gasteiger partial charge on any atom is -0.296 e. The first-order chi connectivity index (χ1) is 17.1. The van der Waals surface area contributed by atoms with Gasteiger partial charge in [-0.2, -0.15) is 5.26 Å². The minimum atomic E-state index is -0.658. The number of Topliss-reactive ketones (excluding diaryl/α,β-unsaturated/α-hetero) is 1. The fourth-order valence-corrected chi connectivity index (χ4v) is 6.04. The summed E-state index contributed by atoms with van der Waals surface area (Å²) in [5, 5.41) is 9.92. The molecule has 35 heavy (non-hydrogen) atoms. The lowest BCUT2D eigenvalue weighted by molar-refractivity contribution is -0.121. The van der Waals surface area contributed by atoms with Crippen LogP contribution in [0, 0.1) is 23.2 Å². The summed E-state index contributed by atoms with van der Waals surface area (Å²) in [6.45, 7) is 1.97. The van der Waals surface area contributed by atoms with Crippen LogP contribution >= 0.6 is 0 Å². The molecule has 170 valence electrons. The van der Waals surface area contributed by atoms with Crippen molar-refractivity contribution in [2.45, 2.75) is 25.2 Å². The monoisotopic (exact) mass is 456 g/mol. The molecule has 0 spiro atoms. The van der Waals surface area contributed by atoms with Crippen LogP contribution in [0.15, 0.2) is 96.8 Å². The van der Waals surface area contributed by atoms with E-state index in [1.54, 1.807) is 12.4 Å². The fourth-order valence-electron chi connectivity index (χ4n) is 6.04. The first kappa shape index (κ1) is 21.2. The van der Waals surface area contributed by atoms with Gasteiger partial charge in [0.05, 0.1) is 16.7 Å². The third kappa shape index (κ3) is 3.10. The van der Waals surface area contributed by atoms with Crippen molar-refractivity contribution in [3.63, 3.8) is 0 Å². The Bertz CT molecular complexity index is 1480. The Kier molecular flexibility index (Phi) is 4.96. The van der Waals surface area contributed by atoms with Gasteiger partial charge in [-0.05, 0) is 54.7 Å². The number of aromatic nitrogens is 3. The molecule has 2 aromatic carbocycles. The smallest absolute Gasteiger partial charge is 0.176 e. The standard InChI is InChI=1S/C30H24N4O/c1-20-25-12-13-26-28(30(25,18-22(19-31)27(20)35)23-8-4-2-5-9-23)33-29(21-14-16-32-17-15-21)34(26)24-10-6-3-7-11-24/h2-11,14-18,20,25H,12-13H2,1H3/t20-,25-,30+/m0/s1. The highest BCUT2D eigenvalue weighted by Gasteiger charge is 2.54. The average Bonchev–Trinajstić information content (AvgIpc) is 3.32. The Hall–Kier alpha value is -4.30. The summed E-state index contributed by atoms with van der Waals surface area (Å²) in [5.41, 5.74) is 4.71. The van der Waals surface area contributed by atoms with E-state index in [1.165, 1.54) is 0 Å².